The molecule has 2 aromatic heterocycles. The third kappa shape index (κ3) is 2.92. The van der Waals surface area contributed by atoms with Crippen LogP contribution in [0.15, 0.2) is 18.5 Å². The minimum atomic E-state index is 0.766. The number of aromatic nitrogens is 4. The molecule has 0 saturated heterocycles. The SMILES string of the molecule is Cc1cc(C)n(-c2cncc(NCCC3CC3)n2)n1. The molecule has 1 fully saturated rings. The first-order valence-corrected chi connectivity index (χ1v) is 6.82. The third-order valence-electron chi connectivity index (χ3n) is 3.40. The van der Waals surface area contributed by atoms with Gasteiger partial charge in [-0.3, -0.25) is 4.98 Å². The molecule has 0 radical (unpaired) electrons. The number of anilines is 1. The second-order valence-corrected chi connectivity index (χ2v) is 5.26. The minimum absolute atomic E-state index is 0.766. The molecule has 2 aromatic rings. The zero-order valence-electron chi connectivity index (χ0n) is 11.4. The molecule has 2 heterocycles. The van der Waals surface area contributed by atoms with Crippen LogP contribution in [0.3, 0.4) is 0 Å². The van der Waals surface area contributed by atoms with E-state index in [0.29, 0.717) is 0 Å². The number of hydrogen-bond acceptors (Lipinski definition) is 4. The minimum Gasteiger partial charge on any atom is -0.369 e. The van der Waals surface area contributed by atoms with Gasteiger partial charge in [-0.05, 0) is 32.3 Å². The molecule has 1 aliphatic rings. The van der Waals surface area contributed by atoms with E-state index >= 15 is 0 Å². The summed E-state index contributed by atoms with van der Waals surface area (Å²) < 4.78 is 1.83. The predicted molar refractivity (Wildman–Crippen MR) is 74.5 cm³/mol. The van der Waals surface area contributed by atoms with E-state index in [0.717, 1.165) is 35.5 Å². The van der Waals surface area contributed by atoms with Crippen LogP contribution < -0.4 is 5.32 Å². The summed E-state index contributed by atoms with van der Waals surface area (Å²) in [7, 11) is 0. The van der Waals surface area contributed by atoms with E-state index in [-0.39, 0.29) is 0 Å². The molecular formula is C14H19N5. The van der Waals surface area contributed by atoms with Crippen molar-refractivity contribution in [1.82, 2.24) is 19.7 Å². The van der Waals surface area contributed by atoms with Crippen molar-refractivity contribution in [3.05, 3.63) is 29.8 Å². The molecular weight excluding hydrogens is 238 g/mol. The second-order valence-electron chi connectivity index (χ2n) is 5.26. The van der Waals surface area contributed by atoms with Gasteiger partial charge in [0, 0.05) is 12.2 Å². The predicted octanol–water partition coefficient (Wildman–Crippen LogP) is 2.49. The standard InChI is InChI=1S/C14H19N5/c1-10-7-11(2)19(18-10)14-9-15-8-13(17-14)16-6-5-12-3-4-12/h7-9,12H,3-6H2,1-2H3,(H,16,17). The quantitative estimate of drug-likeness (QED) is 0.894. The topological polar surface area (TPSA) is 55.6 Å². The van der Waals surface area contributed by atoms with Gasteiger partial charge in [-0.25, -0.2) is 9.67 Å². The molecule has 0 spiro atoms. The number of rotatable bonds is 5. The fraction of sp³-hybridized carbons (Fsp3) is 0.500. The highest BCUT2D eigenvalue weighted by Gasteiger charge is 2.20. The third-order valence-corrected chi connectivity index (χ3v) is 3.40. The summed E-state index contributed by atoms with van der Waals surface area (Å²) in [6.07, 6.45) is 7.51. The van der Waals surface area contributed by atoms with Gasteiger partial charge in [0.05, 0.1) is 18.1 Å². The monoisotopic (exact) mass is 257 g/mol. The molecule has 0 unspecified atom stereocenters. The van der Waals surface area contributed by atoms with Crippen LogP contribution in [0.25, 0.3) is 5.82 Å². The highest BCUT2D eigenvalue weighted by molar-refractivity contribution is 5.36. The summed E-state index contributed by atoms with van der Waals surface area (Å²) in [4.78, 5) is 8.80. The van der Waals surface area contributed by atoms with Crippen LogP contribution in [-0.4, -0.2) is 26.3 Å². The first-order valence-electron chi connectivity index (χ1n) is 6.82. The summed E-state index contributed by atoms with van der Waals surface area (Å²) in [5.74, 6) is 2.52. The van der Waals surface area contributed by atoms with Gasteiger partial charge in [0.2, 0.25) is 0 Å². The zero-order chi connectivity index (χ0) is 13.2. The van der Waals surface area contributed by atoms with E-state index in [4.69, 9.17) is 0 Å². The highest BCUT2D eigenvalue weighted by atomic mass is 15.3. The highest BCUT2D eigenvalue weighted by Crippen LogP contribution is 2.31. The molecule has 1 N–H and O–H groups in total. The van der Waals surface area contributed by atoms with Gasteiger partial charge in [0.1, 0.15) is 5.82 Å². The summed E-state index contributed by atoms with van der Waals surface area (Å²) in [5, 5.41) is 7.76. The molecule has 0 aromatic carbocycles. The average molecular weight is 257 g/mol. The van der Waals surface area contributed by atoms with Crippen LogP contribution in [0, 0.1) is 19.8 Å². The Labute approximate surface area is 113 Å². The Morgan fingerprint density at radius 3 is 2.84 bits per heavy atom. The lowest BCUT2D eigenvalue weighted by Crippen LogP contribution is -2.08. The second kappa shape index (κ2) is 4.99. The molecule has 19 heavy (non-hydrogen) atoms. The Kier molecular flexibility index (Phi) is 3.19. The van der Waals surface area contributed by atoms with Gasteiger partial charge in [-0.1, -0.05) is 12.8 Å². The summed E-state index contributed by atoms with van der Waals surface area (Å²) >= 11 is 0. The Hall–Kier alpha value is -1.91. The van der Waals surface area contributed by atoms with Crippen LogP contribution >= 0.6 is 0 Å². The van der Waals surface area contributed by atoms with Crippen molar-refractivity contribution in [3.63, 3.8) is 0 Å². The van der Waals surface area contributed by atoms with E-state index in [1.807, 2.05) is 24.6 Å². The molecule has 1 saturated carbocycles. The molecule has 0 atom stereocenters. The number of aryl methyl sites for hydroxylation is 2. The average Bonchev–Trinajstić information content (AvgIpc) is 3.14. The van der Waals surface area contributed by atoms with E-state index in [1.54, 1.807) is 12.4 Å². The summed E-state index contributed by atoms with van der Waals surface area (Å²) in [6, 6.07) is 2.04. The molecule has 5 nitrogen and oxygen atoms in total. The Morgan fingerprint density at radius 1 is 1.32 bits per heavy atom. The fourth-order valence-electron chi connectivity index (χ4n) is 2.21. The van der Waals surface area contributed by atoms with Gasteiger partial charge in [-0.15, -0.1) is 0 Å². The van der Waals surface area contributed by atoms with Crippen LogP contribution in [0.5, 0.6) is 0 Å². The normalized spacial score (nSPS) is 14.6. The van der Waals surface area contributed by atoms with E-state index in [1.165, 1.54) is 19.3 Å². The van der Waals surface area contributed by atoms with Gasteiger partial charge in [0.25, 0.3) is 0 Å². The van der Waals surface area contributed by atoms with Crippen molar-refractivity contribution in [2.75, 3.05) is 11.9 Å². The molecule has 0 aliphatic heterocycles. The lowest BCUT2D eigenvalue weighted by atomic mass is 10.3. The zero-order valence-corrected chi connectivity index (χ0v) is 11.4. The van der Waals surface area contributed by atoms with Crippen molar-refractivity contribution < 1.29 is 0 Å². The largest absolute Gasteiger partial charge is 0.369 e. The van der Waals surface area contributed by atoms with Crippen molar-refractivity contribution in [1.29, 1.82) is 0 Å². The van der Waals surface area contributed by atoms with E-state index in [9.17, 15) is 0 Å². The number of nitrogens with one attached hydrogen (secondary N) is 1. The van der Waals surface area contributed by atoms with Crippen molar-refractivity contribution in [2.45, 2.75) is 33.1 Å². The smallest absolute Gasteiger partial charge is 0.174 e. The maximum absolute atomic E-state index is 4.56. The first-order chi connectivity index (χ1) is 9.22. The Balaban J connectivity index is 1.73. The van der Waals surface area contributed by atoms with Gasteiger partial charge in [-0.2, -0.15) is 5.10 Å². The van der Waals surface area contributed by atoms with Gasteiger partial charge in [0.15, 0.2) is 5.82 Å². The lowest BCUT2D eigenvalue weighted by molar-refractivity contribution is 0.754. The fourth-order valence-corrected chi connectivity index (χ4v) is 2.21. The molecule has 1 aliphatic carbocycles. The van der Waals surface area contributed by atoms with E-state index < -0.39 is 0 Å². The summed E-state index contributed by atoms with van der Waals surface area (Å²) in [6.45, 7) is 4.98. The van der Waals surface area contributed by atoms with E-state index in [2.05, 4.69) is 20.4 Å². The maximum Gasteiger partial charge on any atom is 0.174 e. The van der Waals surface area contributed by atoms with Crippen molar-refractivity contribution in [2.24, 2.45) is 5.92 Å². The molecule has 0 bridgehead atoms. The summed E-state index contributed by atoms with van der Waals surface area (Å²) in [5.41, 5.74) is 2.06. The number of nitrogens with zero attached hydrogens (tertiary/aromatic N) is 4. The Bertz CT molecular complexity index is 571. The first kappa shape index (κ1) is 12.1. The van der Waals surface area contributed by atoms with Crippen molar-refractivity contribution in [3.8, 4) is 5.82 Å². The number of hydrogen-bond donors (Lipinski definition) is 1. The van der Waals surface area contributed by atoms with Gasteiger partial charge >= 0.3 is 0 Å². The molecule has 3 rings (SSSR count). The molecule has 5 heteroatoms. The van der Waals surface area contributed by atoms with Crippen LogP contribution in [0.4, 0.5) is 5.82 Å². The Morgan fingerprint density at radius 2 is 2.16 bits per heavy atom. The van der Waals surface area contributed by atoms with Crippen LogP contribution in [-0.2, 0) is 0 Å². The van der Waals surface area contributed by atoms with Crippen molar-refractivity contribution >= 4 is 5.82 Å². The van der Waals surface area contributed by atoms with Crippen LogP contribution in [0.2, 0.25) is 0 Å². The molecule has 0 amide bonds. The van der Waals surface area contributed by atoms with Crippen LogP contribution in [0.1, 0.15) is 30.7 Å². The molecule has 100 valence electrons. The maximum atomic E-state index is 4.56. The van der Waals surface area contributed by atoms with Gasteiger partial charge < -0.3 is 5.32 Å². The lowest BCUT2D eigenvalue weighted by Gasteiger charge is -2.07.